The Hall–Kier alpha value is -1.89. The summed E-state index contributed by atoms with van der Waals surface area (Å²) in [5.74, 6) is 1.09. The van der Waals surface area contributed by atoms with E-state index in [0.29, 0.717) is 24.8 Å². The third kappa shape index (κ3) is 8.10. The van der Waals surface area contributed by atoms with E-state index < -0.39 is 13.0 Å². The van der Waals surface area contributed by atoms with Gasteiger partial charge in [0.15, 0.2) is 5.96 Å². The third-order valence-electron chi connectivity index (χ3n) is 3.27. The van der Waals surface area contributed by atoms with Crippen molar-refractivity contribution in [1.82, 2.24) is 10.6 Å². The minimum atomic E-state index is -2.49. The number of hydrogen-bond donors (Lipinski definition) is 2. The molecule has 0 aliphatic rings. The summed E-state index contributed by atoms with van der Waals surface area (Å²) >= 11 is 0. The smallest absolute Gasteiger partial charge is 0.272 e. The number of methoxy groups -OCH3 is 1. The van der Waals surface area contributed by atoms with Crippen LogP contribution in [0.4, 0.5) is 8.78 Å². The highest BCUT2D eigenvalue weighted by Crippen LogP contribution is 2.15. The maximum Gasteiger partial charge on any atom is 0.272 e. The first kappa shape index (κ1) is 20.2. The van der Waals surface area contributed by atoms with Gasteiger partial charge >= 0.3 is 0 Å². The van der Waals surface area contributed by atoms with Gasteiger partial charge in [0.05, 0.1) is 12.1 Å². The molecule has 1 rings (SSSR count). The molecule has 0 bridgehead atoms. The predicted octanol–water partition coefficient (Wildman–Crippen LogP) is 2.81. The second kappa shape index (κ2) is 10.1. The number of ether oxygens (including phenoxy) is 2. The van der Waals surface area contributed by atoms with Crippen LogP contribution in [-0.4, -0.2) is 44.8 Å². The number of nitrogens with one attached hydrogen (secondary N) is 2. The average molecular weight is 343 g/mol. The van der Waals surface area contributed by atoms with Crippen molar-refractivity contribution >= 4 is 5.96 Å². The lowest BCUT2D eigenvalue weighted by atomic mass is 10.1. The van der Waals surface area contributed by atoms with E-state index in [1.54, 1.807) is 25.3 Å². The van der Waals surface area contributed by atoms with Gasteiger partial charge in [0.2, 0.25) is 0 Å². The van der Waals surface area contributed by atoms with Crippen LogP contribution in [0.5, 0.6) is 5.75 Å². The Morgan fingerprint density at radius 3 is 2.67 bits per heavy atom. The molecule has 0 radical (unpaired) electrons. The molecule has 0 spiro atoms. The lowest BCUT2D eigenvalue weighted by Gasteiger charge is -2.24. The number of alkyl halides is 2. The first-order valence-corrected chi connectivity index (χ1v) is 7.93. The lowest BCUT2D eigenvalue weighted by Crippen LogP contribution is -2.45. The predicted molar refractivity (Wildman–Crippen MR) is 91.8 cm³/mol. The molecule has 0 aliphatic heterocycles. The van der Waals surface area contributed by atoms with E-state index >= 15 is 0 Å². The van der Waals surface area contributed by atoms with Gasteiger partial charge in [-0.25, -0.2) is 13.8 Å². The molecule has 0 aliphatic carbocycles. The van der Waals surface area contributed by atoms with Crippen molar-refractivity contribution in [3.8, 4) is 5.75 Å². The van der Waals surface area contributed by atoms with Gasteiger partial charge < -0.3 is 20.1 Å². The van der Waals surface area contributed by atoms with Crippen LogP contribution in [0.15, 0.2) is 29.3 Å². The number of halogens is 2. The molecule has 0 fully saturated rings. The van der Waals surface area contributed by atoms with Crippen molar-refractivity contribution in [3.05, 3.63) is 29.8 Å². The van der Waals surface area contributed by atoms with Gasteiger partial charge in [-0.1, -0.05) is 12.1 Å². The molecule has 0 saturated carbocycles. The number of nitrogens with zero attached hydrogens (tertiary/aromatic N) is 1. The molecule has 1 aromatic rings. The normalized spacial score (nSPS) is 12.4. The highest BCUT2D eigenvalue weighted by Gasteiger charge is 2.16. The van der Waals surface area contributed by atoms with Crippen molar-refractivity contribution in [2.45, 2.75) is 39.3 Å². The summed E-state index contributed by atoms with van der Waals surface area (Å²) in [6.45, 7) is 7.08. The van der Waals surface area contributed by atoms with Crippen LogP contribution in [0.1, 0.15) is 26.3 Å². The molecule has 7 heteroatoms. The van der Waals surface area contributed by atoms with E-state index in [1.807, 2.05) is 26.8 Å². The van der Waals surface area contributed by atoms with E-state index in [-0.39, 0.29) is 5.60 Å². The number of aliphatic imine (C=N–C) groups is 1. The molecule has 0 heterocycles. The van der Waals surface area contributed by atoms with Crippen molar-refractivity contribution < 1.29 is 18.3 Å². The molecule has 0 amide bonds. The van der Waals surface area contributed by atoms with Crippen molar-refractivity contribution in [3.63, 3.8) is 0 Å². The van der Waals surface area contributed by atoms with Gasteiger partial charge in [0.1, 0.15) is 12.4 Å². The highest BCUT2D eigenvalue weighted by atomic mass is 19.3. The Morgan fingerprint density at radius 1 is 1.29 bits per heavy atom. The first-order valence-electron chi connectivity index (χ1n) is 7.93. The second-order valence-electron chi connectivity index (χ2n) is 5.86. The molecule has 0 unspecified atom stereocenters. The van der Waals surface area contributed by atoms with Crippen LogP contribution in [-0.2, 0) is 11.3 Å². The summed E-state index contributed by atoms with van der Waals surface area (Å²) in [6, 6.07) is 7.01. The monoisotopic (exact) mass is 343 g/mol. The number of benzene rings is 1. The van der Waals surface area contributed by atoms with Gasteiger partial charge in [-0.05, 0) is 38.5 Å². The van der Waals surface area contributed by atoms with Gasteiger partial charge in [-0.2, -0.15) is 0 Å². The van der Waals surface area contributed by atoms with Crippen molar-refractivity contribution in [2.75, 3.05) is 26.8 Å². The van der Waals surface area contributed by atoms with E-state index in [9.17, 15) is 8.78 Å². The summed E-state index contributed by atoms with van der Waals surface area (Å²) in [7, 11) is 1.66. The van der Waals surface area contributed by atoms with E-state index in [2.05, 4.69) is 15.6 Å². The van der Waals surface area contributed by atoms with Crippen molar-refractivity contribution in [1.29, 1.82) is 0 Å². The Bertz CT molecular complexity index is 522. The zero-order valence-electron chi connectivity index (χ0n) is 14.7. The van der Waals surface area contributed by atoms with Crippen LogP contribution in [0.2, 0.25) is 0 Å². The standard InChI is InChI=1S/C17H27F2N3O2/c1-5-20-16(22-12-17(2,3)23-4)21-10-13-7-6-8-14(9-13)24-11-15(18)19/h6-9,15H,5,10-12H2,1-4H3,(H2,20,21,22). The Labute approximate surface area is 142 Å². The Kier molecular flexibility index (Phi) is 8.46. The van der Waals surface area contributed by atoms with Gasteiger partial charge in [-0.3, -0.25) is 0 Å². The summed E-state index contributed by atoms with van der Waals surface area (Å²) in [4.78, 5) is 4.49. The SMILES string of the molecule is CCNC(=NCc1cccc(OCC(F)F)c1)NCC(C)(C)OC. The summed E-state index contributed by atoms with van der Waals surface area (Å²) in [6.07, 6.45) is -2.49. The van der Waals surface area contributed by atoms with Gasteiger partial charge in [0, 0.05) is 20.2 Å². The molecular formula is C17H27F2N3O2. The van der Waals surface area contributed by atoms with E-state index in [0.717, 1.165) is 12.1 Å². The topological polar surface area (TPSA) is 54.9 Å². The molecule has 0 atom stereocenters. The van der Waals surface area contributed by atoms with Gasteiger partial charge in [-0.15, -0.1) is 0 Å². The van der Waals surface area contributed by atoms with Crippen molar-refractivity contribution in [2.24, 2.45) is 4.99 Å². The summed E-state index contributed by atoms with van der Waals surface area (Å²) < 4.78 is 34.8. The van der Waals surface area contributed by atoms with Crippen LogP contribution in [0, 0.1) is 0 Å². The fourth-order valence-electron chi connectivity index (χ4n) is 1.77. The second-order valence-corrected chi connectivity index (χ2v) is 5.86. The fraction of sp³-hybridized carbons (Fsp3) is 0.588. The average Bonchev–Trinajstić information content (AvgIpc) is 2.56. The largest absolute Gasteiger partial charge is 0.488 e. The quantitative estimate of drug-likeness (QED) is 0.535. The zero-order valence-corrected chi connectivity index (χ0v) is 14.7. The molecule has 5 nitrogen and oxygen atoms in total. The molecule has 136 valence electrons. The summed E-state index contributed by atoms with van der Waals surface area (Å²) in [5, 5.41) is 6.38. The number of guanidine groups is 1. The first-order chi connectivity index (χ1) is 11.4. The maximum atomic E-state index is 12.2. The third-order valence-corrected chi connectivity index (χ3v) is 3.27. The minimum absolute atomic E-state index is 0.306. The van der Waals surface area contributed by atoms with Crippen LogP contribution < -0.4 is 15.4 Å². The number of rotatable bonds is 9. The van der Waals surface area contributed by atoms with E-state index in [1.165, 1.54) is 0 Å². The molecule has 2 N–H and O–H groups in total. The minimum Gasteiger partial charge on any atom is -0.488 e. The Balaban J connectivity index is 2.66. The summed E-state index contributed by atoms with van der Waals surface area (Å²) in [5.41, 5.74) is 0.573. The van der Waals surface area contributed by atoms with Gasteiger partial charge in [0.25, 0.3) is 6.43 Å². The molecule has 0 saturated heterocycles. The van der Waals surface area contributed by atoms with Crippen LogP contribution in [0.25, 0.3) is 0 Å². The molecular weight excluding hydrogens is 316 g/mol. The lowest BCUT2D eigenvalue weighted by molar-refractivity contribution is 0.0268. The van der Waals surface area contributed by atoms with Crippen LogP contribution in [0.3, 0.4) is 0 Å². The highest BCUT2D eigenvalue weighted by molar-refractivity contribution is 5.79. The van der Waals surface area contributed by atoms with Crippen LogP contribution >= 0.6 is 0 Å². The fourth-order valence-corrected chi connectivity index (χ4v) is 1.77. The van der Waals surface area contributed by atoms with E-state index in [4.69, 9.17) is 9.47 Å². The number of hydrogen-bond acceptors (Lipinski definition) is 3. The maximum absolute atomic E-state index is 12.2. The zero-order chi connectivity index (χ0) is 18.0. The Morgan fingerprint density at radius 2 is 2.04 bits per heavy atom. The molecule has 24 heavy (non-hydrogen) atoms. The molecule has 1 aromatic carbocycles. The molecule has 0 aromatic heterocycles.